The first kappa shape index (κ1) is 8.90. The van der Waals surface area contributed by atoms with Crippen LogP contribution >= 0.6 is 12.2 Å². The third kappa shape index (κ3) is 1.81. The highest BCUT2D eigenvalue weighted by Crippen LogP contribution is 2.19. The largest absolute Gasteiger partial charge is 0.381 e. The van der Waals surface area contributed by atoms with Crippen molar-refractivity contribution in [2.24, 2.45) is 5.92 Å². The van der Waals surface area contributed by atoms with Crippen LogP contribution in [-0.4, -0.2) is 30.3 Å². The summed E-state index contributed by atoms with van der Waals surface area (Å²) in [6.45, 7) is 1.48. The second-order valence-electron chi connectivity index (χ2n) is 3.42. The monoisotopic (exact) mass is 200 g/mol. The van der Waals surface area contributed by atoms with E-state index in [9.17, 15) is 4.79 Å². The maximum atomic E-state index is 11.4. The molecule has 0 spiro atoms. The lowest BCUT2D eigenvalue weighted by Gasteiger charge is -2.25. The van der Waals surface area contributed by atoms with Gasteiger partial charge in [-0.25, -0.2) is 0 Å². The van der Waals surface area contributed by atoms with Gasteiger partial charge in [-0.05, 0) is 25.1 Å². The standard InChI is InChI=1S/C8H12N2O2S/c11-7-6(9-8(13)10-7)5-2-1-3-12-4-5/h5-6H,1-4H2,(H2,9,10,11,13). The van der Waals surface area contributed by atoms with Crippen LogP contribution in [0, 0.1) is 5.92 Å². The third-order valence-electron chi connectivity index (χ3n) is 2.47. The molecular formula is C8H12N2O2S. The number of ether oxygens (including phenoxy) is 1. The van der Waals surface area contributed by atoms with Gasteiger partial charge in [-0.15, -0.1) is 0 Å². The molecule has 0 aromatic rings. The molecule has 0 aromatic heterocycles. The zero-order chi connectivity index (χ0) is 9.26. The molecule has 2 heterocycles. The number of thiocarbonyl (C=S) groups is 1. The fourth-order valence-electron chi connectivity index (χ4n) is 1.79. The highest BCUT2D eigenvalue weighted by molar-refractivity contribution is 7.80. The van der Waals surface area contributed by atoms with Gasteiger partial charge >= 0.3 is 0 Å². The Balaban J connectivity index is 1.99. The summed E-state index contributed by atoms with van der Waals surface area (Å²) in [7, 11) is 0. The summed E-state index contributed by atoms with van der Waals surface area (Å²) < 4.78 is 5.31. The lowest BCUT2D eigenvalue weighted by Crippen LogP contribution is -2.40. The van der Waals surface area contributed by atoms with Gasteiger partial charge in [0, 0.05) is 12.5 Å². The summed E-state index contributed by atoms with van der Waals surface area (Å²) in [6, 6.07) is -0.173. The molecule has 13 heavy (non-hydrogen) atoms. The second-order valence-corrected chi connectivity index (χ2v) is 3.83. The van der Waals surface area contributed by atoms with E-state index in [1.165, 1.54) is 0 Å². The van der Waals surface area contributed by atoms with Gasteiger partial charge in [0.15, 0.2) is 5.11 Å². The number of amides is 1. The molecule has 0 aliphatic carbocycles. The summed E-state index contributed by atoms with van der Waals surface area (Å²) in [5, 5.41) is 6.00. The van der Waals surface area contributed by atoms with E-state index in [0.29, 0.717) is 11.7 Å². The van der Waals surface area contributed by atoms with Crippen molar-refractivity contribution < 1.29 is 9.53 Å². The van der Waals surface area contributed by atoms with Gasteiger partial charge in [-0.2, -0.15) is 0 Å². The molecular weight excluding hydrogens is 188 g/mol. The second kappa shape index (κ2) is 3.59. The third-order valence-corrected chi connectivity index (χ3v) is 2.69. The molecule has 5 heteroatoms. The maximum Gasteiger partial charge on any atom is 0.249 e. The number of rotatable bonds is 1. The van der Waals surface area contributed by atoms with Crippen LogP contribution in [0.4, 0.5) is 0 Å². The quantitative estimate of drug-likeness (QED) is 0.575. The lowest BCUT2D eigenvalue weighted by molar-refractivity contribution is -0.122. The van der Waals surface area contributed by atoms with Crippen LogP contribution in [0.5, 0.6) is 0 Å². The summed E-state index contributed by atoms with van der Waals surface area (Å²) in [5.41, 5.74) is 0. The molecule has 2 saturated heterocycles. The Kier molecular flexibility index (Phi) is 2.46. The molecule has 2 aliphatic heterocycles. The normalized spacial score (nSPS) is 34.2. The van der Waals surface area contributed by atoms with E-state index in [0.717, 1.165) is 19.4 Å². The first-order valence-corrected chi connectivity index (χ1v) is 4.87. The van der Waals surface area contributed by atoms with Crippen molar-refractivity contribution in [2.75, 3.05) is 13.2 Å². The molecule has 72 valence electrons. The number of carbonyl (C=O) groups is 1. The van der Waals surface area contributed by atoms with Crippen molar-refractivity contribution in [3.63, 3.8) is 0 Å². The maximum absolute atomic E-state index is 11.4. The smallest absolute Gasteiger partial charge is 0.249 e. The van der Waals surface area contributed by atoms with E-state index >= 15 is 0 Å². The van der Waals surface area contributed by atoms with Gasteiger partial charge < -0.3 is 15.4 Å². The Labute approximate surface area is 82.0 Å². The van der Waals surface area contributed by atoms with Crippen molar-refractivity contribution in [3.8, 4) is 0 Å². The summed E-state index contributed by atoms with van der Waals surface area (Å²) in [6.07, 6.45) is 2.07. The Morgan fingerprint density at radius 1 is 1.54 bits per heavy atom. The number of carbonyl (C=O) groups excluding carboxylic acids is 1. The van der Waals surface area contributed by atoms with Gasteiger partial charge in [-0.3, -0.25) is 4.79 Å². The average molecular weight is 200 g/mol. The first-order chi connectivity index (χ1) is 6.27. The molecule has 1 amide bonds. The molecule has 2 unspecified atom stereocenters. The first-order valence-electron chi connectivity index (χ1n) is 4.46. The van der Waals surface area contributed by atoms with Gasteiger partial charge in [0.25, 0.3) is 0 Å². The van der Waals surface area contributed by atoms with Crippen LogP contribution < -0.4 is 10.6 Å². The molecule has 2 fully saturated rings. The Bertz CT molecular complexity index is 238. The molecule has 0 bridgehead atoms. The number of hydrogen-bond acceptors (Lipinski definition) is 3. The zero-order valence-electron chi connectivity index (χ0n) is 7.21. The summed E-state index contributed by atoms with van der Waals surface area (Å²) >= 11 is 4.86. The predicted octanol–water partition coefficient (Wildman–Crippen LogP) is -0.214. The molecule has 4 nitrogen and oxygen atoms in total. The van der Waals surface area contributed by atoms with Crippen molar-refractivity contribution in [1.29, 1.82) is 0 Å². The zero-order valence-corrected chi connectivity index (χ0v) is 8.02. The highest BCUT2D eigenvalue weighted by Gasteiger charge is 2.35. The highest BCUT2D eigenvalue weighted by atomic mass is 32.1. The predicted molar refractivity (Wildman–Crippen MR) is 51.2 cm³/mol. The topological polar surface area (TPSA) is 50.4 Å². The minimum absolute atomic E-state index is 0.0134. The molecule has 2 rings (SSSR count). The van der Waals surface area contributed by atoms with E-state index in [1.807, 2.05) is 0 Å². The van der Waals surface area contributed by atoms with Crippen LogP contribution in [0.3, 0.4) is 0 Å². The van der Waals surface area contributed by atoms with E-state index in [2.05, 4.69) is 10.6 Å². The van der Waals surface area contributed by atoms with Crippen LogP contribution in [0.1, 0.15) is 12.8 Å². The van der Waals surface area contributed by atoms with Crippen molar-refractivity contribution >= 4 is 23.2 Å². The molecule has 0 saturated carbocycles. The van der Waals surface area contributed by atoms with E-state index in [-0.39, 0.29) is 17.9 Å². The van der Waals surface area contributed by atoms with Gasteiger partial charge in [0.1, 0.15) is 6.04 Å². The fraction of sp³-hybridized carbons (Fsp3) is 0.750. The number of hydrogen-bond donors (Lipinski definition) is 2. The van der Waals surface area contributed by atoms with Crippen LogP contribution in [-0.2, 0) is 9.53 Å². The van der Waals surface area contributed by atoms with Gasteiger partial charge in [0.05, 0.1) is 6.61 Å². The number of nitrogens with one attached hydrogen (secondary N) is 2. The Morgan fingerprint density at radius 2 is 2.38 bits per heavy atom. The molecule has 2 N–H and O–H groups in total. The molecule has 2 atom stereocenters. The SMILES string of the molecule is O=C1NC(=S)NC1C1CCCOC1. The van der Waals surface area contributed by atoms with Crippen molar-refractivity contribution in [2.45, 2.75) is 18.9 Å². The fourth-order valence-corrected chi connectivity index (χ4v) is 2.02. The van der Waals surface area contributed by atoms with Crippen LogP contribution in [0.2, 0.25) is 0 Å². The van der Waals surface area contributed by atoms with Crippen LogP contribution in [0.15, 0.2) is 0 Å². The van der Waals surface area contributed by atoms with Crippen molar-refractivity contribution in [1.82, 2.24) is 10.6 Å². The van der Waals surface area contributed by atoms with Crippen molar-refractivity contribution in [3.05, 3.63) is 0 Å². The summed E-state index contributed by atoms with van der Waals surface area (Å²) in [5.74, 6) is 0.259. The minimum atomic E-state index is -0.173. The Hall–Kier alpha value is -0.680. The molecule has 0 aromatic carbocycles. The van der Waals surface area contributed by atoms with Crippen LogP contribution in [0.25, 0.3) is 0 Å². The lowest BCUT2D eigenvalue weighted by atomic mass is 9.94. The summed E-state index contributed by atoms with van der Waals surface area (Å²) in [4.78, 5) is 11.4. The molecule has 2 aliphatic rings. The minimum Gasteiger partial charge on any atom is -0.381 e. The molecule has 0 radical (unpaired) electrons. The van der Waals surface area contributed by atoms with E-state index in [4.69, 9.17) is 17.0 Å². The average Bonchev–Trinajstić information content (AvgIpc) is 2.47. The van der Waals surface area contributed by atoms with Gasteiger partial charge in [0.2, 0.25) is 5.91 Å². The van der Waals surface area contributed by atoms with E-state index < -0.39 is 0 Å². The van der Waals surface area contributed by atoms with E-state index in [1.54, 1.807) is 0 Å². The van der Waals surface area contributed by atoms with Gasteiger partial charge in [-0.1, -0.05) is 0 Å². The Morgan fingerprint density at radius 3 is 2.92 bits per heavy atom.